The van der Waals surface area contributed by atoms with Gasteiger partial charge in [0.25, 0.3) is 0 Å². The third-order valence-corrected chi connectivity index (χ3v) is 3.65. The maximum absolute atomic E-state index is 9.52. The van der Waals surface area contributed by atoms with Gasteiger partial charge in [-0.15, -0.1) is 11.8 Å². The molecule has 1 aliphatic heterocycles. The van der Waals surface area contributed by atoms with E-state index < -0.39 is 5.60 Å². The Hall–Kier alpha value is -0.950. The average molecular weight is 247 g/mol. The van der Waals surface area contributed by atoms with Crippen LogP contribution in [0, 0.1) is 11.8 Å². The van der Waals surface area contributed by atoms with Crippen LogP contribution in [0.2, 0.25) is 0 Å². The molecule has 0 aromatic heterocycles. The molecule has 0 spiro atoms. The van der Waals surface area contributed by atoms with Gasteiger partial charge in [-0.05, 0) is 31.5 Å². The number of nitrogens with one attached hydrogen (secondary N) is 1. The first kappa shape index (κ1) is 12.5. The predicted molar refractivity (Wildman–Crippen MR) is 72.8 cm³/mol. The maximum atomic E-state index is 9.52. The molecule has 0 aliphatic carbocycles. The lowest BCUT2D eigenvalue weighted by atomic mass is 10.1. The van der Waals surface area contributed by atoms with Gasteiger partial charge in [-0.2, -0.15) is 0 Å². The molecule has 2 N–H and O–H groups in total. The van der Waals surface area contributed by atoms with Crippen LogP contribution in [-0.2, 0) is 0 Å². The number of benzene rings is 1. The predicted octanol–water partition coefficient (Wildman–Crippen LogP) is 2.14. The first-order chi connectivity index (χ1) is 8.04. The van der Waals surface area contributed by atoms with Gasteiger partial charge in [0.15, 0.2) is 0 Å². The van der Waals surface area contributed by atoms with Crippen LogP contribution in [-0.4, -0.2) is 23.0 Å². The molecule has 1 aliphatic rings. The van der Waals surface area contributed by atoms with Crippen LogP contribution in [0.15, 0.2) is 24.3 Å². The molecule has 2 nitrogen and oxygen atoms in total. The molecule has 1 fully saturated rings. The monoisotopic (exact) mass is 247 g/mol. The highest BCUT2D eigenvalue weighted by Gasteiger charge is 2.15. The van der Waals surface area contributed by atoms with Gasteiger partial charge in [0, 0.05) is 17.9 Å². The van der Waals surface area contributed by atoms with Crippen LogP contribution in [0.5, 0.6) is 0 Å². The van der Waals surface area contributed by atoms with E-state index in [0.29, 0.717) is 5.37 Å². The summed E-state index contributed by atoms with van der Waals surface area (Å²) in [5, 5.41) is 13.4. The van der Waals surface area contributed by atoms with Gasteiger partial charge in [-0.25, -0.2) is 0 Å². The van der Waals surface area contributed by atoms with Crippen molar-refractivity contribution in [1.82, 2.24) is 5.32 Å². The van der Waals surface area contributed by atoms with Crippen molar-refractivity contribution in [3.8, 4) is 11.8 Å². The molecule has 1 aromatic rings. The minimum absolute atomic E-state index is 0.422. The molecule has 90 valence electrons. The van der Waals surface area contributed by atoms with Gasteiger partial charge in [0.1, 0.15) is 5.60 Å². The molecule has 0 saturated carbocycles. The molecule has 0 amide bonds. The Bertz CT molecular complexity index is 430. The van der Waals surface area contributed by atoms with Gasteiger partial charge in [-0.3, -0.25) is 0 Å². The smallest absolute Gasteiger partial charge is 0.120 e. The number of hydrogen-bond acceptors (Lipinski definition) is 3. The molecule has 0 unspecified atom stereocenters. The van der Waals surface area contributed by atoms with E-state index in [-0.39, 0.29) is 0 Å². The highest BCUT2D eigenvalue weighted by atomic mass is 32.2. The van der Waals surface area contributed by atoms with Crippen LogP contribution in [0.25, 0.3) is 0 Å². The van der Waals surface area contributed by atoms with E-state index in [1.807, 2.05) is 23.9 Å². The molecule has 1 atom stereocenters. The van der Waals surface area contributed by atoms with Crippen LogP contribution < -0.4 is 5.32 Å². The van der Waals surface area contributed by atoms with Crippen molar-refractivity contribution < 1.29 is 5.11 Å². The quantitative estimate of drug-likeness (QED) is 0.746. The first-order valence-corrected chi connectivity index (χ1v) is 6.80. The van der Waals surface area contributed by atoms with Crippen LogP contribution >= 0.6 is 11.8 Å². The third-order valence-electron chi connectivity index (χ3n) is 2.44. The Morgan fingerprint density at radius 2 is 2.06 bits per heavy atom. The lowest BCUT2D eigenvalue weighted by Gasteiger charge is -2.09. The Balaban J connectivity index is 2.09. The Labute approximate surface area is 107 Å². The van der Waals surface area contributed by atoms with E-state index in [9.17, 15) is 5.11 Å². The lowest BCUT2D eigenvalue weighted by Crippen LogP contribution is -2.14. The summed E-state index contributed by atoms with van der Waals surface area (Å²) in [5.74, 6) is 6.96. The fourth-order valence-electron chi connectivity index (χ4n) is 1.61. The summed E-state index contributed by atoms with van der Waals surface area (Å²) in [6, 6.07) is 8.22. The normalized spacial score (nSPS) is 19.8. The van der Waals surface area contributed by atoms with Crippen molar-refractivity contribution in [3.05, 3.63) is 35.4 Å². The van der Waals surface area contributed by atoms with Gasteiger partial charge < -0.3 is 10.4 Å². The molecule has 2 rings (SSSR count). The van der Waals surface area contributed by atoms with Crippen molar-refractivity contribution >= 4 is 11.8 Å². The Morgan fingerprint density at radius 1 is 1.35 bits per heavy atom. The Kier molecular flexibility index (Phi) is 3.78. The average Bonchev–Trinajstić information content (AvgIpc) is 2.79. The summed E-state index contributed by atoms with van der Waals surface area (Å²) in [6.45, 7) is 4.45. The van der Waals surface area contributed by atoms with E-state index in [2.05, 4.69) is 29.3 Å². The fraction of sp³-hybridized carbons (Fsp3) is 0.429. The fourth-order valence-corrected chi connectivity index (χ4v) is 2.66. The zero-order chi connectivity index (χ0) is 12.3. The van der Waals surface area contributed by atoms with E-state index in [1.165, 1.54) is 11.3 Å². The van der Waals surface area contributed by atoms with Crippen LogP contribution in [0.3, 0.4) is 0 Å². The second kappa shape index (κ2) is 5.14. The number of aliphatic hydroxyl groups is 1. The van der Waals surface area contributed by atoms with E-state index >= 15 is 0 Å². The summed E-state index contributed by atoms with van der Waals surface area (Å²) in [6.07, 6.45) is 0. The molecule has 0 bridgehead atoms. The second-order valence-corrected chi connectivity index (χ2v) is 5.85. The van der Waals surface area contributed by atoms with Crippen molar-refractivity contribution in [2.75, 3.05) is 12.3 Å². The van der Waals surface area contributed by atoms with E-state index in [4.69, 9.17) is 0 Å². The summed E-state index contributed by atoms with van der Waals surface area (Å²) < 4.78 is 0. The number of hydrogen-bond donors (Lipinski definition) is 2. The zero-order valence-electron chi connectivity index (χ0n) is 10.2. The number of thioether (sulfide) groups is 1. The summed E-state index contributed by atoms with van der Waals surface area (Å²) in [5.41, 5.74) is 1.31. The van der Waals surface area contributed by atoms with Gasteiger partial charge in [0.2, 0.25) is 0 Å². The van der Waals surface area contributed by atoms with E-state index in [1.54, 1.807) is 13.8 Å². The second-order valence-electron chi connectivity index (χ2n) is 4.64. The molecule has 3 heteroatoms. The van der Waals surface area contributed by atoms with Crippen molar-refractivity contribution in [2.24, 2.45) is 0 Å². The lowest BCUT2D eigenvalue weighted by molar-refractivity contribution is 0.143. The molecular weight excluding hydrogens is 230 g/mol. The van der Waals surface area contributed by atoms with Gasteiger partial charge >= 0.3 is 0 Å². The van der Waals surface area contributed by atoms with Crippen LogP contribution in [0.4, 0.5) is 0 Å². The largest absolute Gasteiger partial charge is 0.378 e. The van der Waals surface area contributed by atoms with Gasteiger partial charge in [-0.1, -0.05) is 24.0 Å². The molecule has 17 heavy (non-hydrogen) atoms. The topological polar surface area (TPSA) is 32.3 Å². The summed E-state index contributed by atoms with van der Waals surface area (Å²) >= 11 is 1.93. The van der Waals surface area contributed by atoms with E-state index in [0.717, 1.165) is 12.1 Å². The molecule has 1 aromatic carbocycles. The van der Waals surface area contributed by atoms with Crippen molar-refractivity contribution in [3.63, 3.8) is 0 Å². The van der Waals surface area contributed by atoms with Gasteiger partial charge in [0.05, 0.1) is 5.37 Å². The SMILES string of the molecule is CC(C)(O)C#Cc1ccc([C@H]2NCCS2)cc1. The summed E-state index contributed by atoms with van der Waals surface area (Å²) in [7, 11) is 0. The Morgan fingerprint density at radius 3 is 2.59 bits per heavy atom. The molecule has 1 heterocycles. The zero-order valence-corrected chi connectivity index (χ0v) is 11.0. The minimum atomic E-state index is -0.929. The standard InChI is InChI=1S/C14H17NOS/c1-14(2,16)8-7-11-3-5-12(6-4-11)13-15-9-10-17-13/h3-6,13,15-16H,9-10H2,1-2H3/t13-/m0/s1. The van der Waals surface area contributed by atoms with Crippen molar-refractivity contribution in [2.45, 2.75) is 24.8 Å². The van der Waals surface area contributed by atoms with Crippen molar-refractivity contribution in [1.29, 1.82) is 0 Å². The first-order valence-electron chi connectivity index (χ1n) is 5.75. The number of rotatable bonds is 1. The molecule has 1 saturated heterocycles. The molecular formula is C14H17NOS. The third kappa shape index (κ3) is 3.78. The minimum Gasteiger partial charge on any atom is -0.378 e. The van der Waals surface area contributed by atoms with Crippen LogP contribution in [0.1, 0.15) is 30.3 Å². The highest BCUT2D eigenvalue weighted by molar-refractivity contribution is 7.99. The molecule has 0 radical (unpaired) electrons. The maximum Gasteiger partial charge on any atom is 0.120 e. The highest BCUT2D eigenvalue weighted by Crippen LogP contribution is 2.29. The summed E-state index contributed by atoms with van der Waals surface area (Å²) in [4.78, 5) is 0.